The highest BCUT2D eigenvalue weighted by atomic mass is 19.1. The average Bonchev–Trinajstić information content (AvgIpc) is 3.18. The molecule has 2 saturated heterocycles. The smallest absolute Gasteiger partial charge is 0.257 e. The number of piperidine rings is 1. The fraction of sp³-hybridized carbons (Fsp3) is 0.526. The van der Waals surface area contributed by atoms with Crippen LogP contribution in [-0.4, -0.2) is 65.2 Å². The quantitative estimate of drug-likeness (QED) is 0.815. The molecule has 0 bridgehead atoms. The van der Waals surface area contributed by atoms with Crippen LogP contribution in [0.15, 0.2) is 28.8 Å². The Balaban J connectivity index is 1.29. The lowest BCUT2D eigenvalue weighted by Gasteiger charge is -2.35. The molecule has 7 nitrogen and oxygen atoms in total. The molecule has 3 heterocycles. The molecule has 0 atom stereocenters. The van der Waals surface area contributed by atoms with Crippen LogP contribution in [0.25, 0.3) is 11.5 Å². The normalized spacial score (nSPS) is 19.4. The number of carbonyl (C=O) groups is 1. The maximum Gasteiger partial charge on any atom is 0.257 e. The third-order valence-corrected chi connectivity index (χ3v) is 5.18. The summed E-state index contributed by atoms with van der Waals surface area (Å²) in [6.45, 7) is 4.94. The van der Waals surface area contributed by atoms with Crippen LogP contribution in [0.4, 0.5) is 4.39 Å². The molecule has 8 heteroatoms. The number of aromatic nitrogens is 2. The van der Waals surface area contributed by atoms with Crippen molar-refractivity contribution in [1.29, 1.82) is 0 Å². The minimum absolute atomic E-state index is 0.0967. The Bertz CT molecular complexity index is 766. The molecule has 1 aromatic heterocycles. The number of nitrogens with zero attached hydrogens (tertiary/aromatic N) is 4. The molecule has 0 aliphatic carbocycles. The minimum Gasteiger partial charge on any atom is -0.378 e. The van der Waals surface area contributed by atoms with Gasteiger partial charge in [-0.25, -0.2) is 4.39 Å². The van der Waals surface area contributed by atoms with Gasteiger partial charge in [0.25, 0.3) is 5.89 Å². The maximum atomic E-state index is 13.0. The molecule has 27 heavy (non-hydrogen) atoms. The first-order valence-electron chi connectivity index (χ1n) is 9.36. The molecule has 2 aliphatic rings. The summed E-state index contributed by atoms with van der Waals surface area (Å²) in [7, 11) is 0. The second-order valence-corrected chi connectivity index (χ2v) is 7.01. The molecule has 1 amide bonds. The summed E-state index contributed by atoms with van der Waals surface area (Å²) in [4.78, 5) is 21.2. The summed E-state index contributed by atoms with van der Waals surface area (Å²) >= 11 is 0. The third-order valence-electron chi connectivity index (χ3n) is 5.18. The zero-order chi connectivity index (χ0) is 18.6. The van der Waals surface area contributed by atoms with E-state index in [4.69, 9.17) is 9.26 Å². The fourth-order valence-corrected chi connectivity index (χ4v) is 3.61. The van der Waals surface area contributed by atoms with Gasteiger partial charge in [-0.1, -0.05) is 5.16 Å². The van der Waals surface area contributed by atoms with Crippen molar-refractivity contribution < 1.29 is 18.4 Å². The van der Waals surface area contributed by atoms with Gasteiger partial charge in [0, 0.05) is 24.6 Å². The highest BCUT2D eigenvalue weighted by Crippen LogP contribution is 2.22. The summed E-state index contributed by atoms with van der Waals surface area (Å²) in [6, 6.07) is 5.98. The monoisotopic (exact) mass is 374 g/mol. The van der Waals surface area contributed by atoms with Crippen molar-refractivity contribution in [2.75, 3.05) is 39.4 Å². The fourth-order valence-electron chi connectivity index (χ4n) is 3.61. The van der Waals surface area contributed by atoms with Crippen LogP contribution in [0, 0.1) is 11.7 Å². The van der Waals surface area contributed by atoms with Gasteiger partial charge in [0.2, 0.25) is 5.91 Å². The topological polar surface area (TPSA) is 71.7 Å². The van der Waals surface area contributed by atoms with Gasteiger partial charge >= 0.3 is 0 Å². The van der Waals surface area contributed by atoms with Crippen LogP contribution in [0.3, 0.4) is 0 Å². The Morgan fingerprint density at radius 3 is 2.52 bits per heavy atom. The zero-order valence-corrected chi connectivity index (χ0v) is 15.1. The predicted octanol–water partition coefficient (Wildman–Crippen LogP) is 1.95. The molecule has 144 valence electrons. The van der Waals surface area contributed by atoms with E-state index in [1.807, 2.05) is 4.90 Å². The first-order valence-corrected chi connectivity index (χ1v) is 9.36. The van der Waals surface area contributed by atoms with Crippen molar-refractivity contribution >= 4 is 5.91 Å². The van der Waals surface area contributed by atoms with Crippen molar-refractivity contribution in [3.05, 3.63) is 35.9 Å². The second-order valence-electron chi connectivity index (χ2n) is 7.01. The van der Waals surface area contributed by atoms with Gasteiger partial charge < -0.3 is 14.2 Å². The Kier molecular flexibility index (Phi) is 5.45. The number of halogens is 1. The number of likely N-dealkylation sites (tertiary alicyclic amines) is 1. The first kappa shape index (κ1) is 18.1. The largest absolute Gasteiger partial charge is 0.378 e. The van der Waals surface area contributed by atoms with Crippen molar-refractivity contribution in [2.45, 2.75) is 19.4 Å². The van der Waals surface area contributed by atoms with Gasteiger partial charge in [-0.3, -0.25) is 9.69 Å². The molecular formula is C19H23FN4O3. The molecule has 2 aromatic rings. The number of morpholine rings is 1. The molecule has 0 saturated carbocycles. The maximum absolute atomic E-state index is 13.0. The molecular weight excluding hydrogens is 351 g/mol. The Morgan fingerprint density at radius 1 is 1.11 bits per heavy atom. The standard InChI is InChI=1S/C19H23FN4O3/c20-16-3-1-14(2-4-16)18-21-17(22-27-18)13-23-7-5-15(6-8-23)19(25)24-9-11-26-12-10-24/h1-4,15H,5-13H2. The van der Waals surface area contributed by atoms with E-state index in [1.165, 1.54) is 12.1 Å². The predicted molar refractivity (Wildman–Crippen MR) is 95.1 cm³/mol. The number of amides is 1. The van der Waals surface area contributed by atoms with E-state index in [-0.39, 0.29) is 17.6 Å². The Hall–Kier alpha value is -2.32. The van der Waals surface area contributed by atoms with Crippen molar-refractivity contribution in [1.82, 2.24) is 19.9 Å². The van der Waals surface area contributed by atoms with E-state index in [9.17, 15) is 9.18 Å². The van der Waals surface area contributed by atoms with Gasteiger partial charge in [-0.2, -0.15) is 4.98 Å². The van der Waals surface area contributed by atoms with Crippen LogP contribution in [0.5, 0.6) is 0 Å². The summed E-state index contributed by atoms with van der Waals surface area (Å²) < 4.78 is 23.6. The van der Waals surface area contributed by atoms with E-state index in [1.54, 1.807) is 12.1 Å². The lowest BCUT2D eigenvalue weighted by atomic mass is 9.95. The molecule has 0 spiro atoms. The van der Waals surface area contributed by atoms with Crippen molar-refractivity contribution in [3.8, 4) is 11.5 Å². The van der Waals surface area contributed by atoms with Gasteiger partial charge in [0.15, 0.2) is 5.82 Å². The second kappa shape index (κ2) is 8.14. The SMILES string of the molecule is O=C(C1CCN(Cc2noc(-c3ccc(F)cc3)n2)CC1)N1CCOCC1. The summed E-state index contributed by atoms with van der Waals surface area (Å²) in [5.74, 6) is 1.05. The van der Waals surface area contributed by atoms with Crippen LogP contribution >= 0.6 is 0 Å². The lowest BCUT2D eigenvalue weighted by molar-refractivity contribution is -0.141. The van der Waals surface area contributed by atoms with E-state index >= 15 is 0 Å². The van der Waals surface area contributed by atoms with Gasteiger partial charge in [-0.15, -0.1) is 0 Å². The van der Waals surface area contributed by atoms with E-state index in [0.29, 0.717) is 50.1 Å². The summed E-state index contributed by atoms with van der Waals surface area (Å²) in [5.41, 5.74) is 0.699. The van der Waals surface area contributed by atoms with Crippen molar-refractivity contribution in [2.24, 2.45) is 5.92 Å². The van der Waals surface area contributed by atoms with E-state index < -0.39 is 0 Å². The Morgan fingerprint density at radius 2 is 1.81 bits per heavy atom. The zero-order valence-electron chi connectivity index (χ0n) is 15.1. The van der Waals surface area contributed by atoms with Crippen LogP contribution in [-0.2, 0) is 16.1 Å². The highest BCUT2D eigenvalue weighted by molar-refractivity contribution is 5.79. The van der Waals surface area contributed by atoms with Gasteiger partial charge in [0.05, 0.1) is 19.8 Å². The Labute approximate surface area is 157 Å². The third kappa shape index (κ3) is 4.33. The average molecular weight is 374 g/mol. The molecule has 0 N–H and O–H groups in total. The van der Waals surface area contributed by atoms with Gasteiger partial charge in [0.1, 0.15) is 5.82 Å². The number of hydrogen-bond acceptors (Lipinski definition) is 6. The number of benzene rings is 1. The molecule has 4 rings (SSSR count). The minimum atomic E-state index is -0.298. The molecule has 1 aromatic carbocycles. The van der Waals surface area contributed by atoms with Crippen molar-refractivity contribution in [3.63, 3.8) is 0 Å². The summed E-state index contributed by atoms with van der Waals surface area (Å²) in [5, 5.41) is 4.03. The van der Waals surface area contributed by atoms with E-state index in [0.717, 1.165) is 25.9 Å². The van der Waals surface area contributed by atoms with Gasteiger partial charge in [-0.05, 0) is 50.2 Å². The molecule has 2 fully saturated rings. The summed E-state index contributed by atoms with van der Waals surface area (Å²) in [6.07, 6.45) is 1.69. The number of hydrogen-bond donors (Lipinski definition) is 0. The number of carbonyl (C=O) groups excluding carboxylic acids is 1. The molecule has 0 unspecified atom stereocenters. The number of rotatable bonds is 4. The van der Waals surface area contributed by atoms with Crippen LogP contribution in [0.1, 0.15) is 18.7 Å². The van der Waals surface area contributed by atoms with Crippen LogP contribution < -0.4 is 0 Å². The molecule has 2 aliphatic heterocycles. The van der Waals surface area contributed by atoms with E-state index in [2.05, 4.69) is 15.0 Å². The molecule has 0 radical (unpaired) electrons. The highest BCUT2D eigenvalue weighted by Gasteiger charge is 2.29. The lowest BCUT2D eigenvalue weighted by Crippen LogP contribution is -2.46. The first-order chi connectivity index (χ1) is 13.2. The number of ether oxygens (including phenoxy) is 1. The van der Waals surface area contributed by atoms with Crippen LogP contribution in [0.2, 0.25) is 0 Å².